The second-order valence-corrected chi connectivity index (χ2v) is 6.05. The Morgan fingerprint density at radius 3 is 3.06 bits per heavy atom. The summed E-state index contributed by atoms with van der Waals surface area (Å²) in [6.45, 7) is 1.88. The smallest absolute Gasteiger partial charge is 0.151 e. The van der Waals surface area contributed by atoms with E-state index in [9.17, 15) is 0 Å². The van der Waals surface area contributed by atoms with Gasteiger partial charge in [-0.3, -0.25) is 0 Å². The minimum Gasteiger partial charge on any atom is -0.399 e. The van der Waals surface area contributed by atoms with E-state index >= 15 is 0 Å². The molecule has 92 valence electrons. The van der Waals surface area contributed by atoms with Gasteiger partial charge in [-0.1, -0.05) is 22.1 Å². The molecule has 0 spiro atoms. The number of hydrogen-bond acceptors (Lipinski definition) is 7. The Morgan fingerprint density at radius 2 is 2.28 bits per heavy atom. The number of thioether (sulfide) groups is 1. The molecule has 0 aliphatic carbocycles. The van der Waals surface area contributed by atoms with Crippen molar-refractivity contribution in [1.29, 1.82) is 0 Å². The molecule has 3 aromatic rings. The maximum Gasteiger partial charge on any atom is 0.151 e. The molecule has 2 N–H and O–H groups in total. The van der Waals surface area contributed by atoms with Gasteiger partial charge in [0.25, 0.3) is 0 Å². The highest BCUT2D eigenvalue weighted by atomic mass is 32.2. The molecule has 0 fully saturated rings. The molecular formula is C11H10N4OS2. The highest BCUT2D eigenvalue weighted by molar-refractivity contribution is 8.00. The summed E-state index contributed by atoms with van der Waals surface area (Å²) in [6.07, 6.45) is 0. The minimum absolute atomic E-state index is 0.713. The number of nitrogens with two attached hydrogens (primary N) is 1. The predicted octanol–water partition coefficient (Wildman–Crippen LogP) is 2.86. The van der Waals surface area contributed by atoms with Gasteiger partial charge in [-0.25, -0.2) is 9.61 Å². The molecule has 0 radical (unpaired) electrons. The number of hydrogen-bond donors (Lipinski definition) is 1. The van der Waals surface area contributed by atoms with Gasteiger partial charge >= 0.3 is 0 Å². The second-order valence-electron chi connectivity index (χ2n) is 3.79. The largest absolute Gasteiger partial charge is 0.399 e. The van der Waals surface area contributed by atoms with E-state index in [1.54, 1.807) is 23.1 Å². The fourth-order valence-corrected chi connectivity index (χ4v) is 3.60. The van der Waals surface area contributed by atoms with Gasteiger partial charge in [-0.2, -0.15) is 0 Å². The SMILES string of the molecule is Cc1nonc1CSc1nc2ccc(N)cc2s1. The molecule has 2 aromatic heterocycles. The molecule has 0 amide bonds. The van der Waals surface area contributed by atoms with Crippen molar-refractivity contribution in [2.24, 2.45) is 0 Å². The van der Waals surface area contributed by atoms with Gasteiger partial charge in [0.2, 0.25) is 0 Å². The van der Waals surface area contributed by atoms with Gasteiger partial charge in [-0.05, 0) is 25.1 Å². The summed E-state index contributed by atoms with van der Waals surface area (Å²) in [4.78, 5) is 4.53. The third-order valence-corrected chi connectivity index (χ3v) is 4.64. The van der Waals surface area contributed by atoms with Crippen LogP contribution in [0.25, 0.3) is 10.2 Å². The molecular weight excluding hydrogens is 268 g/mol. The van der Waals surface area contributed by atoms with E-state index in [1.165, 1.54) is 0 Å². The van der Waals surface area contributed by atoms with Crippen LogP contribution in [0.15, 0.2) is 27.2 Å². The summed E-state index contributed by atoms with van der Waals surface area (Å²) in [5.74, 6) is 0.713. The number of benzene rings is 1. The van der Waals surface area contributed by atoms with E-state index < -0.39 is 0 Å². The van der Waals surface area contributed by atoms with Crippen molar-refractivity contribution >= 4 is 39.0 Å². The first-order valence-electron chi connectivity index (χ1n) is 5.29. The summed E-state index contributed by atoms with van der Waals surface area (Å²) >= 11 is 3.26. The van der Waals surface area contributed by atoms with Crippen LogP contribution in [0, 0.1) is 6.92 Å². The normalized spacial score (nSPS) is 11.2. The summed E-state index contributed by atoms with van der Waals surface area (Å²) in [5.41, 5.74) is 9.17. The van der Waals surface area contributed by atoms with E-state index in [1.807, 2.05) is 25.1 Å². The maximum atomic E-state index is 5.75. The monoisotopic (exact) mass is 278 g/mol. The van der Waals surface area contributed by atoms with Crippen molar-refractivity contribution in [3.05, 3.63) is 29.6 Å². The molecule has 0 unspecified atom stereocenters. The molecule has 3 rings (SSSR count). The van der Waals surface area contributed by atoms with Crippen LogP contribution in [0.1, 0.15) is 11.4 Å². The Labute approximate surface area is 111 Å². The predicted molar refractivity (Wildman–Crippen MR) is 72.6 cm³/mol. The van der Waals surface area contributed by atoms with Crippen LogP contribution in [0.5, 0.6) is 0 Å². The van der Waals surface area contributed by atoms with Crippen molar-refractivity contribution in [3.63, 3.8) is 0 Å². The Morgan fingerprint density at radius 1 is 1.39 bits per heavy atom. The van der Waals surface area contributed by atoms with E-state index in [2.05, 4.69) is 19.9 Å². The summed E-state index contributed by atoms with van der Waals surface area (Å²) in [7, 11) is 0. The zero-order valence-electron chi connectivity index (χ0n) is 9.58. The first-order chi connectivity index (χ1) is 8.72. The van der Waals surface area contributed by atoms with Crippen LogP contribution in [0.3, 0.4) is 0 Å². The first kappa shape index (κ1) is 11.5. The van der Waals surface area contributed by atoms with Crippen LogP contribution >= 0.6 is 23.1 Å². The third-order valence-electron chi connectivity index (χ3n) is 2.47. The van der Waals surface area contributed by atoms with Gasteiger partial charge in [-0.15, -0.1) is 11.3 Å². The Bertz CT molecular complexity index is 691. The van der Waals surface area contributed by atoms with Gasteiger partial charge in [0.1, 0.15) is 11.4 Å². The first-order valence-corrected chi connectivity index (χ1v) is 7.09. The summed E-state index contributed by atoms with van der Waals surface area (Å²) in [6, 6.07) is 5.75. The molecule has 7 heteroatoms. The molecule has 0 bridgehead atoms. The van der Waals surface area contributed by atoms with Crippen LogP contribution in [-0.4, -0.2) is 15.3 Å². The highest BCUT2D eigenvalue weighted by Crippen LogP contribution is 2.32. The number of rotatable bonds is 3. The van der Waals surface area contributed by atoms with Gasteiger partial charge in [0, 0.05) is 11.4 Å². The molecule has 5 nitrogen and oxygen atoms in total. The van der Waals surface area contributed by atoms with Crippen molar-refractivity contribution in [2.75, 3.05) is 5.73 Å². The van der Waals surface area contributed by atoms with Crippen LogP contribution in [0.4, 0.5) is 5.69 Å². The van der Waals surface area contributed by atoms with E-state index in [4.69, 9.17) is 5.73 Å². The second kappa shape index (κ2) is 4.58. The molecule has 2 heterocycles. The lowest BCUT2D eigenvalue weighted by Crippen LogP contribution is -1.83. The average molecular weight is 278 g/mol. The number of nitrogen functional groups attached to an aromatic ring is 1. The van der Waals surface area contributed by atoms with Gasteiger partial charge in [0.05, 0.1) is 10.2 Å². The van der Waals surface area contributed by atoms with E-state index in [0.717, 1.165) is 31.6 Å². The Balaban J connectivity index is 1.81. The zero-order valence-corrected chi connectivity index (χ0v) is 11.2. The number of nitrogens with zero attached hydrogens (tertiary/aromatic N) is 3. The molecule has 0 atom stereocenters. The topological polar surface area (TPSA) is 77.8 Å². The number of aromatic nitrogens is 3. The molecule has 0 saturated heterocycles. The maximum absolute atomic E-state index is 5.75. The lowest BCUT2D eigenvalue weighted by molar-refractivity contribution is 0.302. The number of fused-ring (bicyclic) bond motifs is 1. The molecule has 0 aliphatic heterocycles. The van der Waals surface area contributed by atoms with Gasteiger partial charge in [0.15, 0.2) is 4.34 Å². The van der Waals surface area contributed by atoms with Crippen molar-refractivity contribution < 1.29 is 4.63 Å². The zero-order chi connectivity index (χ0) is 12.5. The Kier molecular flexibility index (Phi) is 2.92. The van der Waals surface area contributed by atoms with E-state index in [-0.39, 0.29) is 0 Å². The number of anilines is 1. The number of aryl methyl sites for hydroxylation is 1. The van der Waals surface area contributed by atoms with Crippen LogP contribution in [-0.2, 0) is 5.75 Å². The lowest BCUT2D eigenvalue weighted by atomic mass is 10.3. The minimum atomic E-state index is 0.713. The van der Waals surface area contributed by atoms with Gasteiger partial charge < -0.3 is 5.73 Å². The Hall–Kier alpha value is -1.60. The summed E-state index contributed by atoms with van der Waals surface area (Å²) < 4.78 is 6.76. The van der Waals surface area contributed by atoms with Crippen LogP contribution in [0.2, 0.25) is 0 Å². The van der Waals surface area contributed by atoms with Crippen molar-refractivity contribution in [1.82, 2.24) is 15.3 Å². The standard InChI is InChI=1S/C11H10N4OS2/c1-6-9(15-16-14-6)5-17-11-13-8-3-2-7(12)4-10(8)18-11/h2-4H,5,12H2,1H3. The average Bonchev–Trinajstić information content (AvgIpc) is 2.92. The number of thiazole rings is 1. The lowest BCUT2D eigenvalue weighted by Gasteiger charge is -1.92. The molecule has 0 aliphatic rings. The molecule has 18 heavy (non-hydrogen) atoms. The third kappa shape index (κ3) is 2.19. The molecule has 0 saturated carbocycles. The van der Waals surface area contributed by atoms with Crippen molar-refractivity contribution in [2.45, 2.75) is 17.0 Å². The quantitative estimate of drug-likeness (QED) is 0.586. The fourth-order valence-electron chi connectivity index (χ4n) is 1.49. The molecule has 1 aromatic carbocycles. The fraction of sp³-hybridized carbons (Fsp3) is 0.182. The van der Waals surface area contributed by atoms with E-state index in [0.29, 0.717) is 5.75 Å². The summed E-state index contributed by atoms with van der Waals surface area (Å²) in [5, 5.41) is 7.60. The highest BCUT2D eigenvalue weighted by Gasteiger charge is 2.09. The van der Waals surface area contributed by atoms with Crippen molar-refractivity contribution in [3.8, 4) is 0 Å². The van der Waals surface area contributed by atoms with Crippen LogP contribution < -0.4 is 5.73 Å².